The van der Waals surface area contributed by atoms with Gasteiger partial charge in [0.05, 0.1) is 13.2 Å². The van der Waals surface area contributed by atoms with E-state index in [9.17, 15) is 45.3 Å². The minimum absolute atomic E-state index is 0.0160. The molecular weight excluding hydrogens is 492 g/mol. The fourth-order valence-corrected chi connectivity index (χ4v) is 3.46. The Hall–Kier alpha value is -2.28. The highest BCUT2D eigenvalue weighted by Crippen LogP contribution is 2.28. The Morgan fingerprint density at radius 3 is 2.00 bits per heavy atom. The van der Waals surface area contributed by atoms with E-state index >= 15 is 0 Å². The lowest BCUT2D eigenvalue weighted by molar-refractivity contribution is -0.355. The number of carbonyl (C=O) groups is 2. The summed E-state index contributed by atoms with van der Waals surface area (Å²) in [7, 11) is 0. The number of esters is 1. The summed E-state index contributed by atoms with van der Waals surface area (Å²) >= 11 is 0. The predicted octanol–water partition coefficient (Wildman–Crippen LogP) is -4.09. The van der Waals surface area contributed by atoms with Crippen molar-refractivity contribution >= 4 is 11.9 Å². The number of carboxylic acids is 1. The number of aliphatic hydroxyl groups excluding tert-OH is 8. The number of para-hydroxylation sites is 1. The summed E-state index contributed by atoms with van der Waals surface area (Å²) in [4.78, 5) is 21.2. The van der Waals surface area contributed by atoms with Gasteiger partial charge < -0.3 is 64.9 Å². The van der Waals surface area contributed by atoms with Crippen molar-refractivity contribution < 1.29 is 74.5 Å². The average molecular weight is 522 g/mol. The zero-order chi connectivity index (χ0) is 27.2. The molecule has 0 radical (unpaired) electrons. The summed E-state index contributed by atoms with van der Waals surface area (Å²) in [5.74, 6) is -1.58. The van der Waals surface area contributed by atoms with Crippen molar-refractivity contribution in [2.45, 2.75) is 68.3 Å². The third kappa shape index (κ3) is 7.15. The van der Waals surface area contributed by atoms with Crippen molar-refractivity contribution in [1.82, 2.24) is 0 Å². The Morgan fingerprint density at radius 2 is 1.44 bits per heavy atom. The number of aliphatic hydroxyl groups is 8. The molecule has 0 spiro atoms. The molecule has 36 heavy (non-hydrogen) atoms. The summed E-state index contributed by atoms with van der Waals surface area (Å²) in [5.41, 5.74) is -0.0160. The highest BCUT2D eigenvalue weighted by atomic mass is 16.7. The number of carboxylic acid groups (broad SMARTS) is 1. The molecule has 204 valence electrons. The topological polar surface area (TPSA) is 253 Å². The summed E-state index contributed by atoms with van der Waals surface area (Å²) in [6, 6.07) is 5.98. The standard InChI is InChI=1S/C12H22O11.C9H8O4/c13-1-3-5(15)6(16)9(19)12(22-3)23-10-4(2-14)21-11(20)8(18)7(10)17;1-6(10)13-8-5-3-2-4-7(8)9(11)12/h3-20H,1-2H2;2-5H,1H3,(H,11,12)/t3-,4-,5+,6+,7-,8-,9-,10-,11?,12+;/m1./s1. The van der Waals surface area contributed by atoms with Crippen LogP contribution in [0.3, 0.4) is 0 Å². The molecule has 2 aliphatic heterocycles. The maximum atomic E-state index is 10.6. The molecule has 9 N–H and O–H groups in total. The first-order valence-electron chi connectivity index (χ1n) is 10.7. The largest absolute Gasteiger partial charge is 0.478 e. The van der Waals surface area contributed by atoms with Gasteiger partial charge in [0.1, 0.15) is 60.1 Å². The molecule has 2 fully saturated rings. The second-order valence-corrected chi connectivity index (χ2v) is 7.92. The van der Waals surface area contributed by atoms with Crippen LogP contribution in [0.5, 0.6) is 5.75 Å². The number of rotatable bonds is 6. The Morgan fingerprint density at radius 1 is 0.833 bits per heavy atom. The number of benzene rings is 1. The molecule has 0 bridgehead atoms. The molecule has 10 atom stereocenters. The van der Waals surface area contributed by atoms with Gasteiger partial charge in [0, 0.05) is 6.92 Å². The van der Waals surface area contributed by atoms with E-state index in [0.717, 1.165) is 0 Å². The van der Waals surface area contributed by atoms with E-state index in [0.29, 0.717) is 0 Å². The molecule has 2 saturated heterocycles. The molecule has 1 unspecified atom stereocenters. The monoisotopic (exact) mass is 522 g/mol. The van der Waals surface area contributed by atoms with Crippen LogP contribution >= 0.6 is 0 Å². The highest BCUT2D eigenvalue weighted by Gasteiger charge is 2.50. The number of hydrogen-bond acceptors (Lipinski definition) is 14. The zero-order valence-corrected chi connectivity index (χ0v) is 19.0. The van der Waals surface area contributed by atoms with Gasteiger partial charge in [0.2, 0.25) is 0 Å². The van der Waals surface area contributed by atoms with Crippen molar-refractivity contribution in [2.24, 2.45) is 0 Å². The van der Waals surface area contributed by atoms with Crippen LogP contribution in [0.4, 0.5) is 0 Å². The van der Waals surface area contributed by atoms with Crippen molar-refractivity contribution in [3.8, 4) is 5.75 Å². The van der Waals surface area contributed by atoms with Gasteiger partial charge in [0.25, 0.3) is 0 Å². The highest BCUT2D eigenvalue weighted by molar-refractivity contribution is 5.91. The van der Waals surface area contributed by atoms with Gasteiger partial charge in [0.15, 0.2) is 12.6 Å². The van der Waals surface area contributed by atoms with E-state index in [1.165, 1.54) is 19.1 Å². The Kier molecular flexibility index (Phi) is 11.1. The summed E-state index contributed by atoms with van der Waals surface area (Å²) in [6.45, 7) is -0.124. The van der Waals surface area contributed by atoms with Gasteiger partial charge in [-0.05, 0) is 12.1 Å². The van der Waals surface area contributed by atoms with Crippen molar-refractivity contribution in [1.29, 1.82) is 0 Å². The van der Waals surface area contributed by atoms with E-state index < -0.39 is 86.6 Å². The lowest BCUT2D eigenvalue weighted by Gasteiger charge is -2.45. The average Bonchev–Trinajstić information content (AvgIpc) is 2.84. The van der Waals surface area contributed by atoms with Crippen LogP contribution in [-0.4, -0.2) is 133 Å². The zero-order valence-electron chi connectivity index (χ0n) is 19.0. The van der Waals surface area contributed by atoms with Crippen molar-refractivity contribution in [2.75, 3.05) is 13.2 Å². The van der Waals surface area contributed by atoms with Crippen LogP contribution in [0.2, 0.25) is 0 Å². The molecule has 0 saturated carbocycles. The van der Waals surface area contributed by atoms with Crippen LogP contribution in [0.15, 0.2) is 24.3 Å². The molecule has 2 heterocycles. The molecule has 15 heteroatoms. The first-order chi connectivity index (χ1) is 16.9. The predicted molar refractivity (Wildman–Crippen MR) is 113 cm³/mol. The second kappa shape index (κ2) is 13.3. The molecule has 15 nitrogen and oxygen atoms in total. The second-order valence-electron chi connectivity index (χ2n) is 7.92. The SMILES string of the molecule is CC(=O)Oc1ccccc1C(=O)O.OC[C@H]1O[C@@H](O[C@H]2[C@H](O)[C@@H](O)C(O)O[C@@H]2CO)[C@H](O)[C@@H](O)[C@H]1O. The molecular formula is C21H30O15. The first kappa shape index (κ1) is 29.9. The maximum Gasteiger partial charge on any atom is 0.339 e. The van der Waals surface area contributed by atoms with E-state index in [-0.39, 0.29) is 11.3 Å². The first-order valence-corrected chi connectivity index (χ1v) is 10.7. The normalized spacial score (nSPS) is 36.4. The third-order valence-corrected chi connectivity index (χ3v) is 5.35. The fraction of sp³-hybridized carbons (Fsp3) is 0.619. The summed E-state index contributed by atoms with van der Waals surface area (Å²) in [6.07, 6.45) is -15.6. The van der Waals surface area contributed by atoms with Gasteiger partial charge in [-0.15, -0.1) is 0 Å². The summed E-state index contributed by atoms with van der Waals surface area (Å²) < 4.78 is 19.9. The lowest BCUT2D eigenvalue weighted by atomic mass is 9.97. The van der Waals surface area contributed by atoms with Crippen LogP contribution in [0, 0.1) is 0 Å². The number of ether oxygens (including phenoxy) is 4. The van der Waals surface area contributed by atoms with Crippen LogP contribution in [0.25, 0.3) is 0 Å². The van der Waals surface area contributed by atoms with Gasteiger partial charge in [-0.3, -0.25) is 4.79 Å². The van der Waals surface area contributed by atoms with Crippen LogP contribution in [0.1, 0.15) is 17.3 Å². The quantitative estimate of drug-likeness (QED) is 0.127. The molecule has 1 aromatic carbocycles. The molecule has 0 amide bonds. The Bertz CT molecular complexity index is 861. The van der Waals surface area contributed by atoms with E-state index in [1.54, 1.807) is 12.1 Å². The van der Waals surface area contributed by atoms with Crippen molar-refractivity contribution in [3.05, 3.63) is 29.8 Å². The molecule has 3 rings (SSSR count). The number of hydrogen-bond donors (Lipinski definition) is 9. The van der Waals surface area contributed by atoms with Crippen LogP contribution < -0.4 is 4.74 Å². The molecule has 0 aliphatic carbocycles. The minimum Gasteiger partial charge on any atom is -0.478 e. The van der Waals surface area contributed by atoms with Crippen LogP contribution in [-0.2, 0) is 19.0 Å². The van der Waals surface area contributed by atoms with Gasteiger partial charge in [-0.1, -0.05) is 12.1 Å². The third-order valence-electron chi connectivity index (χ3n) is 5.35. The lowest BCUT2D eigenvalue weighted by Crippen LogP contribution is -2.64. The smallest absolute Gasteiger partial charge is 0.339 e. The molecule has 1 aromatic rings. The minimum atomic E-state index is -1.74. The van der Waals surface area contributed by atoms with E-state index in [2.05, 4.69) is 4.74 Å². The Labute approximate surface area is 204 Å². The number of carbonyl (C=O) groups excluding carboxylic acids is 1. The maximum absolute atomic E-state index is 10.6. The van der Waals surface area contributed by atoms with E-state index in [4.69, 9.17) is 24.4 Å². The molecule has 0 aromatic heterocycles. The number of aromatic carboxylic acids is 1. The van der Waals surface area contributed by atoms with E-state index in [1.807, 2.05) is 0 Å². The fourth-order valence-electron chi connectivity index (χ4n) is 3.46. The van der Waals surface area contributed by atoms with Crippen molar-refractivity contribution in [3.63, 3.8) is 0 Å². The van der Waals surface area contributed by atoms with Gasteiger partial charge in [-0.2, -0.15) is 0 Å². The Balaban J connectivity index is 0.000000297. The van der Waals surface area contributed by atoms with Gasteiger partial charge >= 0.3 is 11.9 Å². The van der Waals surface area contributed by atoms with Gasteiger partial charge in [-0.25, -0.2) is 4.79 Å². The summed E-state index contributed by atoms with van der Waals surface area (Å²) in [5, 5.41) is 85.2. The molecule has 2 aliphatic rings.